The SMILES string of the molecule is OCCNc1ccc(-n2cnc3ccc(Cl)cc32)cc1. The average Bonchev–Trinajstić information content (AvgIpc) is 2.88. The third-order valence-electron chi connectivity index (χ3n) is 3.10. The smallest absolute Gasteiger partial charge is 0.100 e. The van der Waals surface area contributed by atoms with Gasteiger partial charge in [0.25, 0.3) is 0 Å². The van der Waals surface area contributed by atoms with Crippen LogP contribution in [0.5, 0.6) is 0 Å². The molecule has 5 heteroatoms. The molecule has 3 rings (SSSR count). The Hall–Kier alpha value is -2.04. The minimum atomic E-state index is 0.117. The molecular weight excluding hydrogens is 274 g/mol. The van der Waals surface area contributed by atoms with E-state index in [1.165, 1.54) is 0 Å². The normalized spacial score (nSPS) is 10.9. The number of anilines is 1. The summed E-state index contributed by atoms with van der Waals surface area (Å²) in [6.45, 7) is 0.662. The molecule has 102 valence electrons. The van der Waals surface area contributed by atoms with Gasteiger partial charge >= 0.3 is 0 Å². The molecule has 0 saturated carbocycles. The number of nitrogens with zero attached hydrogens (tertiary/aromatic N) is 2. The number of aliphatic hydroxyl groups is 1. The van der Waals surface area contributed by atoms with Crippen molar-refractivity contribution in [2.75, 3.05) is 18.5 Å². The van der Waals surface area contributed by atoms with E-state index in [2.05, 4.69) is 10.3 Å². The molecule has 0 aliphatic carbocycles. The van der Waals surface area contributed by atoms with Crippen LogP contribution in [-0.2, 0) is 0 Å². The number of aliphatic hydroxyl groups excluding tert-OH is 1. The summed E-state index contributed by atoms with van der Waals surface area (Å²) < 4.78 is 2.00. The number of hydrogen-bond donors (Lipinski definition) is 2. The summed E-state index contributed by atoms with van der Waals surface area (Å²) >= 11 is 6.04. The van der Waals surface area contributed by atoms with Gasteiger partial charge < -0.3 is 10.4 Å². The van der Waals surface area contributed by atoms with Crippen molar-refractivity contribution in [3.05, 3.63) is 53.8 Å². The summed E-state index contributed by atoms with van der Waals surface area (Å²) in [6.07, 6.45) is 1.79. The van der Waals surface area contributed by atoms with Gasteiger partial charge in [-0.05, 0) is 42.5 Å². The van der Waals surface area contributed by atoms with Crippen molar-refractivity contribution in [3.8, 4) is 5.69 Å². The van der Waals surface area contributed by atoms with Crippen LogP contribution >= 0.6 is 11.6 Å². The van der Waals surface area contributed by atoms with E-state index in [4.69, 9.17) is 16.7 Å². The quantitative estimate of drug-likeness (QED) is 0.775. The van der Waals surface area contributed by atoms with E-state index in [0.29, 0.717) is 11.6 Å². The lowest BCUT2D eigenvalue weighted by molar-refractivity contribution is 0.311. The van der Waals surface area contributed by atoms with Crippen molar-refractivity contribution < 1.29 is 5.11 Å². The lowest BCUT2D eigenvalue weighted by Crippen LogP contribution is -2.05. The van der Waals surface area contributed by atoms with Crippen LogP contribution in [0.15, 0.2) is 48.8 Å². The Labute approximate surface area is 121 Å². The van der Waals surface area contributed by atoms with Gasteiger partial charge in [-0.15, -0.1) is 0 Å². The number of imidazole rings is 1. The number of benzene rings is 2. The minimum absolute atomic E-state index is 0.117. The topological polar surface area (TPSA) is 50.1 Å². The predicted octanol–water partition coefficient (Wildman–Crippen LogP) is 3.08. The van der Waals surface area contributed by atoms with Crippen LogP contribution in [0, 0.1) is 0 Å². The molecule has 0 aliphatic rings. The molecule has 0 aliphatic heterocycles. The second-order valence-electron chi connectivity index (χ2n) is 4.44. The molecule has 0 radical (unpaired) electrons. The molecule has 3 aromatic rings. The van der Waals surface area contributed by atoms with Crippen LogP contribution in [-0.4, -0.2) is 27.8 Å². The molecule has 0 spiro atoms. The van der Waals surface area contributed by atoms with Crippen molar-refractivity contribution >= 4 is 28.3 Å². The molecule has 0 unspecified atom stereocenters. The molecule has 1 aromatic heterocycles. The van der Waals surface area contributed by atoms with E-state index in [9.17, 15) is 0 Å². The highest BCUT2D eigenvalue weighted by molar-refractivity contribution is 6.31. The molecule has 1 heterocycles. The highest BCUT2D eigenvalue weighted by atomic mass is 35.5. The Kier molecular flexibility index (Phi) is 3.58. The Bertz CT molecular complexity index is 722. The summed E-state index contributed by atoms with van der Waals surface area (Å²) in [6, 6.07) is 13.6. The van der Waals surface area contributed by atoms with Crippen molar-refractivity contribution in [3.63, 3.8) is 0 Å². The maximum atomic E-state index is 8.79. The first-order valence-corrected chi connectivity index (χ1v) is 6.73. The minimum Gasteiger partial charge on any atom is -0.395 e. The van der Waals surface area contributed by atoms with E-state index >= 15 is 0 Å². The molecular formula is C15H14ClN3O. The average molecular weight is 288 g/mol. The number of halogens is 1. The second-order valence-corrected chi connectivity index (χ2v) is 4.88. The van der Waals surface area contributed by atoms with E-state index in [-0.39, 0.29) is 6.61 Å². The van der Waals surface area contributed by atoms with Gasteiger partial charge in [0.1, 0.15) is 6.33 Å². The third kappa shape index (κ3) is 2.48. The van der Waals surface area contributed by atoms with Gasteiger partial charge in [-0.25, -0.2) is 4.98 Å². The summed E-state index contributed by atoms with van der Waals surface area (Å²) in [5, 5.41) is 12.6. The zero-order chi connectivity index (χ0) is 13.9. The number of nitrogens with one attached hydrogen (secondary N) is 1. The van der Waals surface area contributed by atoms with Gasteiger partial charge in [0, 0.05) is 22.9 Å². The van der Waals surface area contributed by atoms with Gasteiger partial charge in [-0.1, -0.05) is 11.6 Å². The highest BCUT2D eigenvalue weighted by Gasteiger charge is 2.05. The maximum Gasteiger partial charge on any atom is 0.100 e. The molecule has 0 amide bonds. The molecule has 2 aromatic carbocycles. The van der Waals surface area contributed by atoms with Crippen LogP contribution in [0.2, 0.25) is 5.02 Å². The summed E-state index contributed by atoms with van der Waals surface area (Å²) in [5.74, 6) is 0. The Morgan fingerprint density at radius 3 is 2.70 bits per heavy atom. The Morgan fingerprint density at radius 1 is 1.15 bits per heavy atom. The standard InChI is InChI=1S/C15H14ClN3O/c16-11-1-6-14-15(9-11)19(10-18-14)13-4-2-12(3-5-13)17-7-8-20/h1-6,9-10,17,20H,7-8H2. The molecule has 0 atom stereocenters. The van der Waals surface area contributed by atoms with E-state index in [0.717, 1.165) is 22.4 Å². The summed E-state index contributed by atoms with van der Waals surface area (Å²) in [4.78, 5) is 4.36. The summed E-state index contributed by atoms with van der Waals surface area (Å²) in [5.41, 5.74) is 3.89. The van der Waals surface area contributed by atoms with E-state index in [1.807, 2.05) is 47.0 Å². The van der Waals surface area contributed by atoms with Crippen molar-refractivity contribution in [1.82, 2.24) is 9.55 Å². The number of fused-ring (bicyclic) bond motifs is 1. The summed E-state index contributed by atoms with van der Waals surface area (Å²) in [7, 11) is 0. The molecule has 0 fully saturated rings. The monoisotopic (exact) mass is 287 g/mol. The fourth-order valence-electron chi connectivity index (χ4n) is 2.13. The van der Waals surface area contributed by atoms with Gasteiger partial charge in [-0.3, -0.25) is 4.57 Å². The first kappa shape index (κ1) is 13.0. The van der Waals surface area contributed by atoms with Crippen LogP contribution < -0.4 is 5.32 Å². The van der Waals surface area contributed by atoms with Crippen molar-refractivity contribution in [2.45, 2.75) is 0 Å². The van der Waals surface area contributed by atoms with Gasteiger partial charge in [0.2, 0.25) is 0 Å². The second kappa shape index (κ2) is 5.53. The fraction of sp³-hybridized carbons (Fsp3) is 0.133. The largest absolute Gasteiger partial charge is 0.395 e. The maximum absolute atomic E-state index is 8.79. The molecule has 20 heavy (non-hydrogen) atoms. The van der Waals surface area contributed by atoms with Crippen LogP contribution in [0.4, 0.5) is 5.69 Å². The Balaban J connectivity index is 1.96. The third-order valence-corrected chi connectivity index (χ3v) is 3.33. The highest BCUT2D eigenvalue weighted by Crippen LogP contribution is 2.22. The zero-order valence-electron chi connectivity index (χ0n) is 10.8. The van der Waals surface area contributed by atoms with Gasteiger partial charge in [-0.2, -0.15) is 0 Å². The Morgan fingerprint density at radius 2 is 1.95 bits per heavy atom. The van der Waals surface area contributed by atoms with Gasteiger partial charge in [0.15, 0.2) is 0 Å². The van der Waals surface area contributed by atoms with Crippen LogP contribution in [0.25, 0.3) is 16.7 Å². The van der Waals surface area contributed by atoms with E-state index < -0.39 is 0 Å². The predicted molar refractivity (Wildman–Crippen MR) is 81.7 cm³/mol. The number of hydrogen-bond acceptors (Lipinski definition) is 3. The van der Waals surface area contributed by atoms with Gasteiger partial charge in [0.05, 0.1) is 17.6 Å². The zero-order valence-corrected chi connectivity index (χ0v) is 11.5. The lowest BCUT2D eigenvalue weighted by Gasteiger charge is -2.07. The first-order chi connectivity index (χ1) is 9.78. The number of rotatable bonds is 4. The van der Waals surface area contributed by atoms with Crippen molar-refractivity contribution in [2.24, 2.45) is 0 Å². The molecule has 4 nitrogen and oxygen atoms in total. The molecule has 0 bridgehead atoms. The molecule has 0 saturated heterocycles. The number of aromatic nitrogens is 2. The lowest BCUT2D eigenvalue weighted by atomic mass is 10.2. The van der Waals surface area contributed by atoms with E-state index in [1.54, 1.807) is 6.33 Å². The van der Waals surface area contributed by atoms with Crippen LogP contribution in [0.1, 0.15) is 0 Å². The first-order valence-electron chi connectivity index (χ1n) is 6.36. The molecule has 2 N–H and O–H groups in total. The van der Waals surface area contributed by atoms with Crippen LogP contribution in [0.3, 0.4) is 0 Å². The van der Waals surface area contributed by atoms with Crippen molar-refractivity contribution in [1.29, 1.82) is 0 Å². The fourth-order valence-corrected chi connectivity index (χ4v) is 2.29.